The van der Waals surface area contributed by atoms with Gasteiger partial charge in [-0.2, -0.15) is 0 Å². The SMILES string of the molecule is CCOC(=O)c1c2c(C(=O)c3ccccc3)sc(SCc3cccc4ccccc34)c2n2ccc(C)cc12. The topological polar surface area (TPSA) is 47.8 Å². The Hall–Kier alpha value is -3.87. The van der Waals surface area contributed by atoms with Gasteiger partial charge in [0.1, 0.15) is 0 Å². The number of nitrogens with zero attached hydrogens (tertiary/aromatic N) is 1. The molecular weight excluding hydrogens is 510 g/mol. The molecule has 0 fully saturated rings. The number of thioether (sulfide) groups is 1. The van der Waals surface area contributed by atoms with E-state index in [2.05, 4.69) is 42.5 Å². The Labute approximate surface area is 228 Å². The highest BCUT2D eigenvalue weighted by Gasteiger charge is 2.29. The van der Waals surface area contributed by atoms with Crippen molar-refractivity contribution in [3.8, 4) is 0 Å². The summed E-state index contributed by atoms with van der Waals surface area (Å²) in [6, 6.07) is 28.0. The van der Waals surface area contributed by atoms with Crippen molar-refractivity contribution in [1.82, 2.24) is 4.40 Å². The lowest BCUT2D eigenvalue weighted by Crippen LogP contribution is -2.06. The Bertz CT molecular complexity index is 1830. The number of carbonyl (C=O) groups excluding carboxylic acids is 2. The first-order valence-electron chi connectivity index (χ1n) is 12.5. The molecule has 0 N–H and O–H groups in total. The summed E-state index contributed by atoms with van der Waals surface area (Å²) in [6.45, 7) is 4.06. The Morgan fingerprint density at radius 3 is 2.53 bits per heavy atom. The smallest absolute Gasteiger partial charge is 0.341 e. The molecule has 0 atom stereocenters. The summed E-state index contributed by atoms with van der Waals surface area (Å²) in [7, 11) is 0. The van der Waals surface area contributed by atoms with E-state index >= 15 is 0 Å². The zero-order valence-corrected chi connectivity index (χ0v) is 22.7. The fourth-order valence-corrected chi connectivity index (χ4v) is 7.46. The molecule has 0 bridgehead atoms. The molecule has 0 spiro atoms. The number of hydrogen-bond donors (Lipinski definition) is 0. The molecule has 0 aliphatic heterocycles. The average Bonchev–Trinajstić information content (AvgIpc) is 3.47. The quantitative estimate of drug-likeness (QED) is 0.117. The fraction of sp³-hybridized carbons (Fsp3) is 0.125. The number of fused-ring (bicyclic) bond motifs is 4. The third-order valence-corrected chi connectivity index (χ3v) is 9.16. The standard InChI is InChI=1S/C32H25NO3S2/c1-3-36-31(35)26-25-18-20(2)16-17-33(25)28-27(26)30(29(34)22-11-5-4-6-12-22)38-32(28)37-19-23-14-9-13-21-10-7-8-15-24(21)23/h4-18H,3,19H2,1-2H3. The molecule has 3 heterocycles. The molecule has 6 aromatic rings. The lowest BCUT2D eigenvalue weighted by atomic mass is 10.1. The molecule has 6 rings (SSSR count). The largest absolute Gasteiger partial charge is 0.462 e. The Morgan fingerprint density at radius 2 is 1.71 bits per heavy atom. The van der Waals surface area contributed by atoms with E-state index in [1.54, 1.807) is 18.7 Å². The number of ether oxygens (including phenoxy) is 1. The van der Waals surface area contributed by atoms with Gasteiger partial charge in [0.2, 0.25) is 5.78 Å². The van der Waals surface area contributed by atoms with Gasteiger partial charge in [-0.05, 0) is 47.9 Å². The molecule has 0 amide bonds. The summed E-state index contributed by atoms with van der Waals surface area (Å²) in [6.07, 6.45) is 1.99. The van der Waals surface area contributed by atoms with Crippen molar-refractivity contribution in [1.29, 1.82) is 0 Å². The number of carbonyl (C=O) groups is 2. The van der Waals surface area contributed by atoms with Crippen LogP contribution in [0.25, 0.3) is 27.2 Å². The summed E-state index contributed by atoms with van der Waals surface area (Å²) in [5, 5.41) is 3.10. The third-order valence-electron chi connectivity index (χ3n) is 6.67. The molecule has 3 aromatic heterocycles. The number of benzene rings is 3. The Kier molecular flexibility index (Phi) is 6.52. The van der Waals surface area contributed by atoms with Gasteiger partial charge in [-0.3, -0.25) is 4.79 Å². The Morgan fingerprint density at radius 1 is 0.947 bits per heavy atom. The minimum atomic E-state index is -0.406. The highest BCUT2D eigenvalue weighted by Crippen LogP contribution is 2.45. The van der Waals surface area contributed by atoms with Gasteiger partial charge >= 0.3 is 5.97 Å². The monoisotopic (exact) mass is 535 g/mol. The van der Waals surface area contributed by atoms with Crippen LogP contribution >= 0.6 is 23.1 Å². The Balaban J connectivity index is 1.57. The summed E-state index contributed by atoms with van der Waals surface area (Å²) in [4.78, 5) is 27.7. The lowest BCUT2D eigenvalue weighted by molar-refractivity contribution is 0.0531. The number of ketones is 1. The number of thiophene rings is 1. The van der Waals surface area contributed by atoms with Crippen LogP contribution in [0.4, 0.5) is 0 Å². The summed E-state index contributed by atoms with van der Waals surface area (Å²) < 4.78 is 8.55. The van der Waals surface area contributed by atoms with Crippen molar-refractivity contribution in [2.24, 2.45) is 0 Å². The van der Waals surface area contributed by atoms with Crippen LogP contribution in [-0.4, -0.2) is 22.8 Å². The summed E-state index contributed by atoms with van der Waals surface area (Å²) >= 11 is 3.16. The van der Waals surface area contributed by atoms with Crippen LogP contribution in [0, 0.1) is 6.92 Å². The maximum atomic E-state index is 13.8. The first-order chi connectivity index (χ1) is 18.6. The van der Waals surface area contributed by atoms with Crippen LogP contribution in [0.2, 0.25) is 0 Å². The number of aryl methyl sites for hydroxylation is 1. The van der Waals surface area contributed by atoms with E-state index in [0.29, 0.717) is 21.4 Å². The van der Waals surface area contributed by atoms with Crippen molar-refractivity contribution in [3.05, 3.63) is 118 Å². The fourth-order valence-electron chi connectivity index (χ4n) is 4.92. The van der Waals surface area contributed by atoms with E-state index in [4.69, 9.17) is 4.74 Å². The maximum Gasteiger partial charge on any atom is 0.341 e. The molecule has 0 saturated heterocycles. The summed E-state index contributed by atoms with van der Waals surface area (Å²) in [5.74, 6) is 0.246. The number of pyridine rings is 1. The van der Waals surface area contributed by atoms with Crippen LogP contribution in [0.5, 0.6) is 0 Å². The first kappa shape index (κ1) is 24.5. The van der Waals surface area contributed by atoms with Crippen LogP contribution in [-0.2, 0) is 10.5 Å². The number of esters is 1. The lowest BCUT2D eigenvalue weighted by Gasteiger charge is -2.07. The second-order valence-electron chi connectivity index (χ2n) is 9.12. The second-order valence-corrected chi connectivity index (χ2v) is 11.4. The van der Waals surface area contributed by atoms with E-state index in [9.17, 15) is 9.59 Å². The number of aromatic nitrogens is 1. The van der Waals surface area contributed by atoms with Crippen molar-refractivity contribution in [3.63, 3.8) is 0 Å². The zero-order valence-electron chi connectivity index (χ0n) is 21.1. The average molecular weight is 536 g/mol. The molecule has 6 heteroatoms. The molecule has 3 aromatic carbocycles. The van der Waals surface area contributed by atoms with Crippen molar-refractivity contribution < 1.29 is 14.3 Å². The van der Waals surface area contributed by atoms with Crippen LogP contribution in [0.1, 0.15) is 43.6 Å². The van der Waals surface area contributed by atoms with E-state index in [0.717, 1.165) is 26.6 Å². The van der Waals surface area contributed by atoms with Gasteiger partial charge < -0.3 is 9.14 Å². The maximum absolute atomic E-state index is 13.8. The van der Waals surface area contributed by atoms with E-state index in [-0.39, 0.29) is 12.4 Å². The van der Waals surface area contributed by atoms with Gasteiger partial charge in [0.15, 0.2) is 0 Å². The minimum Gasteiger partial charge on any atom is -0.462 e. The molecule has 0 unspecified atom stereocenters. The molecule has 0 aliphatic carbocycles. The molecule has 0 radical (unpaired) electrons. The van der Waals surface area contributed by atoms with Gasteiger partial charge in [-0.1, -0.05) is 72.8 Å². The zero-order chi connectivity index (χ0) is 26.2. The first-order valence-corrected chi connectivity index (χ1v) is 14.3. The van der Waals surface area contributed by atoms with Gasteiger partial charge in [0, 0.05) is 22.9 Å². The number of hydrogen-bond acceptors (Lipinski definition) is 5. The molecule has 0 saturated carbocycles. The van der Waals surface area contributed by atoms with E-state index < -0.39 is 5.97 Å². The molecular formula is C32H25NO3S2. The predicted molar refractivity (Wildman–Crippen MR) is 157 cm³/mol. The van der Waals surface area contributed by atoms with E-state index in [1.807, 2.05) is 60.0 Å². The van der Waals surface area contributed by atoms with Crippen molar-refractivity contribution in [2.75, 3.05) is 6.61 Å². The second kappa shape index (κ2) is 10.1. The molecule has 4 nitrogen and oxygen atoms in total. The summed E-state index contributed by atoms with van der Waals surface area (Å²) in [5.41, 5.74) is 4.97. The van der Waals surface area contributed by atoms with Crippen LogP contribution in [0.15, 0.2) is 95.3 Å². The van der Waals surface area contributed by atoms with Gasteiger partial charge in [0.05, 0.1) is 32.3 Å². The number of rotatable bonds is 7. The highest BCUT2D eigenvalue weighted by atomic mass is 32.2. The van der Waals surface area contributed by atoms with E-state index in [1.165, 1.54) is 27.7 Å². The minimum absolute atomic E-state index is 0.0872. The molecule has 0 aliphatic rings. The van der Waals surface area contributed by atoms with Gasteiger partial charge in [-0.25, -0.2) is 4.79 Å². The van der Waals surface area contributed by atoms with Gasteiger partial charge in [-0.15, -0.1) is 23.1 Å². The predicted octanol–water partition coefficient (Wildman–Crippen LogP) is 8.32. The molecule has 38 heavy (non-hydrogen) atoms. The van der Waals surface area contributed by atoms with Crippen LogP contribution < -0.4 is 0 Å². The van der Waals surface area contributed by atoms with Gasteiger partial charge in [0.25, 0.3) is 0 Å². The van der Waals surface area contributed by atoms with Crippen molar-refractivity contribution >= 4 is 62.0 Å². The third kappa shape index (κ3) is 4.20. The highest BCUT2D eigenvalue weighted by molar-refractivity contribution is 8.00. The normalized spacial score (nSPS) is 11.4. The van der Waals surface area contributed by atoms with Crippen LogP contribution in [0.3, 0.4) is 0 Å². The van der Waals surface area contributed by atoms with Crippen molar-refractivity contribution in [2.45, 2.75) is 23.8 Å². The molecule has 188 valence electrons.